The van der Waals surface area contributed by atoms with Crippen LogP contribution in [0, 0.1) is 43.4 Å². The van der Waals surface area contributed by atoms with Gasteiger partial charge in [-0.15, -0.1) is 0 Å². The van der Waals surface area contributed by atoms with Crippen molar-refractivity contribution < 1.29 is 58.6 Å². The Morgan fingerprint density at radius 3 is 2.23 bits per heavy atom. The molecule has 2 fully saturated rings. The number of para-hydroxylation sites is 1. The summed E-state index contributed by atoms with van der Waals surface area (Å²) < 4.78 is 18.7. The molecule has 18 heteroatoms. The highest BCUT2D eigenvalue weighted by atomic mass is 16.7. The number of ether oxygens (including phenoxy) is 3. The number of phenolic OH excluding ortho intramolecular Hbond substituents is 2. The summed E-state index contributed by atoms with van der Waals surface area (Å²) in [4.78, 5) is 85.6. The minimum atomic E-state index is -1.97. The van der Waals surface area contributed by atoms with E-state index in [9.17, 15) is 44.4 Å². The molecule has 8 atom stereocenters. The van der Waals surface area contributed by atoms with Crippen molar-refractivity contribution in [3.8, 4) is 17.2 Å². The van der Waals surface area contributed by atoms with E-state index in [-0.39, 0.29) is 73.7 Å². The summed E-state index contributed by atoms with van der Waals surface area (Å²) in [6.07, 6.45) is 6.25. The number of amides is 3. The Kier molecular flexibility index (Phi) is 17.0. The van der Waals surface area contributed by atoms with Crippen LogP contribution in [0.1, 0.15) is 122 Å². The van der Waals surface area contributed by atoms with Gasteiger partial charge in [0.25, 0.3) is 11.7 Å². The third-order valence-electron chi connectivity index (χ3n) is 16.6. The fourth-order valence-corrected chi connectivity index (χ4v) is 12.0. The molecule has 1 spiro atoms. The van der Waals surface area contributed by atoms with Crippen LogP contribution in [0.25, 0.3) is 10.8 Å². The van der Waals surface area contributed by atoms with Crippen LogP contribution in [0.3, 0.4) is 0 Å². The van der Waals surface area contributed by atoms with Crippen LogP contribution in [0.4, 0.5) is 11.4 Å². The fraction of sp³-hybridized carbons (Fsp3) is 0.550. The minimum Gasteiger partial charge on any atom is -0.507 e. The molecule has 420 valence electrons. The predicted molar refractivity (Wildman–Crippen MR) is 294 cm³/mol. The molecule has 2 saturated heterocycles. The van der Waals surface area contributed by atoms with E-state index < -0.39 is 89.2 Å². The number of carbonyl (C=O) groups excluding carboxylic acids is 5. The number of nitrogens with zero attached hydrogens (tertiary/aromatic N) is 5. The Labute approximate surface area is 456 Å². The lowest BCUT2D eigenvalue weighted by molar-refractivity contribution is -0.162. The first-order valence-electron chi connectivity index (χ1n) is 27.5. The van der Waals surface area contributed by atoms with Crippen LogP contribution in [0.5, 0.6) is 17.2 Å². The third kappa shape index (κ3) is 11.3. The molecular weight excluding hydrogens is 997 g/mol. The van der Waals surface area contributed by atoms with E-state index >= 15 is 0 Å². The number of hydrogen-bond acceptors (Lipinski definition) is 15. The number of aliphatic hydroxyl groups excluding tert-OH is 2. The lowest BCUT2D eigenvalue weighted by Gasteiger charge is -2.39. The smallest absolute Gasteiger partial charge is 0.315 e. The van der Waals surface area contributed by atoms with Crippen molar-refractivity contribution in [1.29, 1.82) is 0 Å². The Hall–Kier alpha value is -6.63. The van der Waals surface area contributed by atoms with Gasteiger partial charge in [-0.25, -0.2) is 0 Å². The molecule has 3 aromatic carbocycles. The van der Waals surface area contributed by atoms with Crippen molar-refractivity contribution in [2.24, 2.45) is 39.6 Å². The first-order chi connectivity index (χ1) is 36.9. The molecule has 0 radical (unpaired) electrons. The lowest BCUT2D eigenvalue weighted by atomic mass is 9.79. The summed E-state index contributed by atoms with van der Waals surface area (Å²) in [6, 6.07) is 7.54. The van der Waals surface area contributed by atoms with Crippen molar-refractivity contribution in [3.63, 3.8) is 0 Å². The van der Waals surface area contributed by atoms with Crippen molar-refractivity contribution in [1.82, 2.24) is 9.80 Å². The van der Waals surface area contributed by atoms with E-state index in [1.54, 1.807) is 68.7 Å². The van der Waals surface area contributed by atoms with Gasteiger partial charge in [-0.05, 0) is 69.6 Å². The fourth-order valence-electron chi connectivity index (χ4n) is 12.0. The number of ketones is 1. The van der Waals surface area contributed by atoms with E-state index in [0.29, 0.717) is 57.8 Å². The summed E-state index contributed by atoms with van der Waals surface area (Å²) in [7, 11) is 0. The van der Waals surface area contributed by atoms with Gasteiger partial charge in [-0.2, -0.15) is 0 Å². The SMILES string of the molecule is CC(=O)N(c1ccccc1C)C1CCN(C(=O)CC(=O)O[C@H]2[C@H](C)[C@H](O)[C@H](C)[C@@H](O)[C@@H](C)/C=C/C=C(/C)C(=O)Nc3c(O)c4c(O)c(C)c5c(c4c4c3=NC3(CCN(CC(C)C)CC3)N=4)C(=O)[C@@](C)(O/C=C/C[C@H]2C)O5)CC1. The van der Waals surface area contributed by atoms with Crippen LogP contribution in [-0.2, 0) is 28.7 Å². The largest absolute Gasteiger partial charge is 0.507 e. The standard InChI is InChI=1S/C60H78N6O12/c1-32(2)31-64-27-23-60(24-28-64)62-48-45-46-53(72)39(9)56-47(45)57(74)59(11,78-56)76-29-15-19-35(5)55(77-44(69)30-43(68)65-25-21-41(22-26-65)66(40(10)67)42-20-13-12-16-33(42)3)38(8)52(71)37(7)51(70)34(4)17-14-18-36(6)58(75)61-50(54(46)73)49(48)63-60/h12-18,20,29,32,34-35,37-38,41,51-52,55,70-73H,19,21-28,30-31H2,1-11H3,(H,61,75)/b17-14+,29-15+,36-18-/t34-,35+,37+,38+,51-,52+,55+,59-/m0/s1. The zero-order valence-corrected chi connectivity index (χ0v) is 47.0. The summed E-state index contributed by atoms with van der Waals surface area (Å²) in [5.74, 6) is -7.48. The lowest BCUT2D eigenvalue weighted by Crippen LogP contribution is -2.49. The van der Waals surface area contributed by atoms with E-state index in [0.717, 1.165) is 17.8 Å². The Morgan fingerprint density at radius 2 is 1.58 bits per heavy atom. The number of rotatable bonds is 7. The molecular formula is C60H78N6O12. The quantitative estimate of drug-likeness (QED) is 0.0926. The number of Topliss-reactive ketones (excluding diaryl/α,β-unsaturated/α-hetero) is 1. The van der Waals surface area contributed by atoms with Gasteiger partial charge >= 0.3 is 11.8 Å². The summed E-state index contributed by atoms with van der Waals surface area (Å²) in [6.45, 7) is 22.3. The van der Waals surface area contributed by atoms with E-state index in [2.05, 4.69) is 24.1 Å². The molecule has 6 heterocycles. The van der Waals surface area contributed by atoms with Gasteiger partial charge in [-0.3, -0.25) is 34.0 Å². The number of phenols is 2. The highest BCUT2D eigenvalue weighted by Crippen LogP contribution is 2.50. The number of piperidine rings is 2. The molecule has 78 heavy (non-hydrogen) atoms. The molecule has 0 saturated carbocycles. The van der Waals surface area contributed by atoms with Crippen LogP contribution in [-0.4, -0.2) is 128 Å². The van der Waals surface area contributed by atoms with E-state index in [4.69, 9.17) is 24.2 Å². The molecule has 3 aromatic rings. The number of aliphatic hydroxyl groups is 2. The van der Waals surface area contributed by atoms with Gasteiger partial charge in [0, 0.05) is 105 Å². The van der Waals surface area contributed by atoms with Gasteiger partial charge in [0.05, 0.1) is 34.8 Å². The van der Waals surface area contributed by atoms with Crippen LogP contribution in [0.2, 0.25) is 0 Å². The number of aromatic hydroxyl groups is 2. The second kappa shape index (κ2) is 23.0. The van der Waals surface area contributed by atoms with Crippen LogP contribution in [0.15, 0.2) is 70.4 Å². The van der Waals surface area contributed by atoms with Crippen molar-refractivity contribution in [2.45, 2.75) is 150 Å². The van der Waals surface area contributed by atoms with Crippen LogP contribution < -0.4 is 25.7 Å². The molecule has 18 nitrogen and oxygen atoms in total. The minimum absolute atomic E-state index is 0.0253. The van der Waals surface area contributed by atoms with Crippen molar-refractivity contribution in [2.75, 3.05) is 42.9 Å². The number of benzene rings is 3. The van der Waals surface area contributed by atoms with Crippen molar-refractivity contribution >= 4 is 51.6 Å². The number of hydrogen-bond donors (Lipinski definition) is 5. The van der Waals surface area contributed by atoms with E-state index in [1.165, 1.54) is 20.1 Å². The molecule has 0 aliphatic carbocycles. The molecule has 6 aliphatic heterocycles. The van der Waals surface area contributed by atoms with Gasteiger partial charge in [0.1, 0.15) is 35.1 Å². The van der Waals surface area contributed by atoms with Gasteiger partial charge in [0.15, 0.2) is 11.4 Å². The first kappa shape index (κ1) is 57.5. The van der Waals surface area contributed by atoms with E-state index in [1.807, 2.05) is 38.1 Å². The third-order valence-corrected chi connectivity index (χ3v) is 16.6. The van der Waals surface area contributed by atoms with Crippen molar-refractivity contribution in [3.05, 3.63) is 87.8 Å². The topological polar surface area (TPSA) is 240 Å². The Morgan fingerprint density at radius 1 is 0.910 bits per heavy atom. The monoisotopic (exact) mass is 1070 g/mol. The normalized spacial score (nSPS) is 28.5. The molecule has 6 aliphatic rings. The summed E-state index contributed by atoms with van der Waals surface area (Å²) >= 11 is 0. The highest BCUT2D eigenvalue weighted by molar-refractivity contribution is 6.19. The maximum absolute atomic E-state index is 14.9. The number of esters is 1. The maximum atomic E-state index is 14.9. The molecule has 3 amide bonds. The molecule has 0 unspecified atom stereocenters. The zero-order chi connectivity index (χ0) is 56.7. The Balaban J connectivity index is 1.09. The second-order valence-electron chi connectivity index (χ2n) is 23.0. The number of nitrogens with one attached hydrogen (secondary N) is 1. The number of allylic oxidation sites excluding steroid dienone is 3. The number of anilines is 2. The predicted octanol–water partition coefficient (Wildman–Crippen LogP) is 6.85. The average Bonchev–Trinajstić information content (AvgIpc) is 3.85. The van der Waals surface area contributed by atoms with Gasteiger partial charge in [0.2, 0.25) is 11.8 Å². The van der Waals surface area contributed by atoms with Gasteiger partial charge in [-0.1, -0.05) is 78.0 Å². The molecule has 0 aromatic heterocycles. The second-order valence-corrected chi connectivity index (χ2v) is 23.0. The van der Waals surface area contributed by atoms with Crippen LogP contribution >= 0.6 is 0 Å². The number of carbonyl (C=O) groups is 5. The molecule has 9 rings (SSSR count). The highest BCUT2D eigenvalue weighted by Gasteiger charge is 2.50. The number of likely N-dealkylation sites (tertiary alicyclic amines) is 2. The molecule has 5 bridgehead atoms. The maximum Gasteiger partial charge on any atom is 0.315 e. The summed E-state index contributed by atoms with van der Waals surface area (Å²) in [5.41, 5.74) is 1.13. The zero-order valence-electron chi connectivity index (χ0n) is 47.0. The number of fused-ring (bicyclic) bond motifs is 13. The Bertz CT molecular complexity index is 3080. The first-order valence-corrected chi connectivity index (χ1v) is 27.5. The number of aryl methyl sites for hydroxylation is 1. The average molecular weight is 1080 g/mol. The van der Waals surface area contributed by atoms with Gasteiger partial charge < -0.3 is 54.7 Å². The summed E-state index contributed by atoms with van der Waals surface area (Å²) in [5, 5.41) is 51.0. The molecule has 5 N–H and O–H groups in total.